The number of hydrogen-bond acceptors (Lipinski definition) is 9. The van der Waals surface area contributed by atoms with Crippen LogP contribution >= 0.6 is 0 Å². The van der Waals surface area contributed by atoms with Gasteiger partial charge in [0.1, 0.15) is 5.69 Å². The lowest BCUT2D eigenvalue weighted by Crippen LogP contribution is -2.26. The number of nitrogens with zero attached hydrogens (tertiary/aromatic N) is 5. The largest absolute Gasteiger partial charge is 0.393 e. The Morgan fingerprint density at radius 3 is 2.79 bits per heavy atom. The molecule has 0 fully saturated rings. The Hall–Kier alpha value is -3.41. The van der Waals surface area contributed by atoms with Crippen molar-refractivity contribution >= 4 is 17.9 Å². The number of carbonyl (C=O) groups is 2. The van der Waals surface area contributed by atoms with E-state index in [2.05, 4.69) is 20.8 Å². The number of aliphatic hydroxyl groups is 2. The summed E-state index contributed by atoms with van der Waals surface area (Å²) in [5.74, 6) is -0.221. The monoisotopic (exact) mass is 458 g/mol. The van der Waals surface area contributed by atoms with Gasteiger partial charge in [0, 0.05) is 6.42 Å². The molecule has 1 atom stereocenters. The fraction of sp³-hybridized carbons (Fsp3) is 0.409. The van der Waals surface area contributed by atoms with Crippen LogP contribution in [0.5, 0.6) is 0 Å². The van der Waals surface area contributed by atoms with Crippen LogP contribution in [0.15, 0.2) is 47.8 Å². The van der Waals surface area contributed by atoms with Crippen LogP contribution in [0.4, 0.5) is 0 Å². The number of allylic oxidation sites excluding steroid dienone is 1. The average Bonchev–Trinajstić information content (AvgIpc) is 3.29. The van der Waals surface area contributed by atoms with Gasteiger partial charge in [0.05, 0.1) is 43.9 Å². The standard InChI is InChI=1S/C22H30N6O5/c1-3-27(2)14-21(31)11-17-6-8-19(9-7-17)28-13-18(25-26-28)12-23-22(32)16-33-24-10-4-5-20(30)15-29/h4-10,13,20,29-30H,3,11-12,14-16H2,1-2H3,(H,23,32)/b5-4+,24-10+/t20-/m0/s1. The van der Waals surface area contributed by atoms with E-state index >= 15 is 0 Å². The number of ketones is 1. The second kappa shape index (κ2) is 13.9. The zero-order chi connectivity index (χ0) is 24.1. The molecule has 0 bridgehead atoms. The van der Waals surface area contributed by atoms with Crippen molar-refractivity contribution in [2.75, 3.05) is 33.4 Å². The molecular weight excluding hydrogens is 428 g/mol. The smallest absolute Gasteiger partial charge is 0.261 e. The van der Waals surface area contributed by atoms with Crippen LogP contribution in [0.1, 0.15) is 18.2 Å². The summed E-state index contributed by atoms with van der Waals surface area (Å²) in [6.07, 6.45) is 5.09. The first kappa shape index (κ1) is 25.8. The van der Waals surface area contributed by atoms with Crippen LogP contribution in [0.2, 0.25) is 0 Å². The zero-order valence-electron chi connectivity index (χ0n) is 18.8. The van der Waals surface area contributed by atoms with Crippen molar-refractivity contribution in [3.63, 3.8) is 0 Å². The highest BCUT2D eigenvalue weighted by Gasteiger charge is 2.09. The molecule has 1 amide bonds. The van der Waals surface area contributed by atoms with Gasteiger partial charge in [-0.05, 0) is 37.4 Å². The van der Waals surface area contributed by atoms with Gasteiger partial charge in [-0.15, -0.1) is 5.10 Å². The van der Waals surface area contributed by atoms with Gasteiger partial charge in [0.25, 0.3) is 5.91 Å². The van der Waals surface area contributed by atoms with E-state index in [0.29, 0.717) is 18.7 Å². The number of oxime groups is 1. The molecule has 1 aromatic heterocycles. The maximum Gasteiger partial charge on any atom is 0.261 e. The summed E-state index contributed by atoms with van der Waals surface area (Å²) in [6.45, 7) is 2.77. The summed E-state index contributed by atoms with van der Waals surface area (Å²) >= 11 is 0. The molecule has 0 saturated carbocycles. The number of likely N-dealkylation sites (N-methyl/N-ethyl adjacent to an activating group) is 1. The fourth-order valence-corrected chi connectivity index (χ4v) is 2.62. The Morgan fingerprint density at radius 2 is 2.09 bits per heavy atom. The number of benzene rings is 1. The lowest BCUT2D eigenvalue weighted by atomic mass is 10.1. The van der Waals surface area contributed by atoms with Crippen molar-refractivity contribution in [1.29, 1.82) is 0 Å². The first-order chi connectivity index (χ1) is 15.9. The van der Waals surface area contributed by atoms with E-state index in [1.807, 2.05) is 43.1 Å². The Morgan fingerprint density at radius 1 is 1.33 bits per heavy atom. The Labute approximate surface area is 192 Å². The van der Waals surface area contributed by atoms with Crippen LogP contribution < -0.4 is 5.32 Å². The number of aromatic nitrogens is 3. The molecule has 0 saturated heterocycles. The minimum atomic E-state index is -0.965. The summed E-state index contributed by atoms with van der Waals surface area (Å²) in [7, 11) is 1.92. The topological polar surface area (TPSA) is 142 Å². The highest BCUT2D eigenvalue weighted by atomic mass is 16.6. The molecule has 1 aromatic carbocycles. The molecule has 2 rings (SSSR count). The Balaban J connectivity index is 1.76. The molecule has 0 unspecified atom stereocenters. The van der Waals surface area contributed by atoms with Gasteiger partial charge in [-0.3, -0.25) is 14.5 Å². The molecule has 0 radical (unpaired) electrons. The first-order valence-corrected chi connectivity index (χ1v) is 10.5. The minimum Gasteiger partial charge on any atom is -0.393 e. The predicted molar refractivity (Wildman–Crippen MR) is 122 cm³/mol. The van der Waals surface area contributed by atoms with Gasteiger partial charge in [-0.1, -0.05) is 35.5 Å². The molecule has 0 aliphatic rings. The molecule has 11 nitrogen and oxygen atoms in total. The van der Waals surface area contributed by atoms with E-state index in [1.54, 1.807) is 10.9 Å². The van der Waals surface area contributed by atoms with E-state index in [-0.39, 0.29) is 31.4 Å². The lowest BCUT2D eigenvalue weighted by Gasteiger charge is -2.12. The van der Waals surface area contributed by atoms with Crippen molar-refractivity contribution in [1.82, 2.24) is 25.2 Å². The zero-order valence-corrected chi connectivity index (χ0v) is 18.8. The average molecular weight is 459 g/mol. The third-order valence-corrected chi connectivity index (χ3v) is 4.53. The quantitative estimate of drug-likeness (QED) is 0.262. The Bertz CT molecular complexity index is 941. The number of carbonyl (C=O) groups excluding carboxylic acids is 2. The fourth-order valence-electron chi connectivity index (χ4n) is 2.62. The van der Waals surface area contributed by atoms with Gasteiger partial charge >= 0.3 is 0 Å². The van der Waals surface area contributed by atoms with Crippen LogP contribution in [0.25, 0.3) is 5.69 Å². The SMILES string of the molecule is CCN(C)CC(=O)Cc1ccc(-n2cc(CNC(=O)CO/N=C/C=C/[C@H](O)CO)nn2)cc1. The van der Waals surface area contributed by atoms with Crippen molar-refractivity contribution in [2.24, 2.45) is 5.16 Å². The van der Waals surface area contributed by atoms with Crippen LogP contribution in [0.3, 0.4) is 0 Å². The molecule has 0 spiro atoms. The molecule has 1 heterocycles. The minimum absolute atomic E-state index is 0.164. The third kappa shape index (κ3) is 9.73. The van der Waals surface area contributed by atoms with Gasteiger partial charge in [-0.25, -0.2) is 4.68 Å². The van der Waals surface area contributed by atoms with E-state index in [0.717, 1.165) is 17.8 Å². The van der Waals surface area contributed by atoms with E-state index in [9.17, 15) is 9.59 Å². The van der Waals surface area contributed by atoms with E-state index < -0.39 is 6.10 Å². The number of Topliss-reactive ketones (excluding diaryl/α,β-unsaturated/α-hetero) is 1. The van der Waals surface area contributed by atoms with Crippen LogP contribution in [-0.4, -0.2) is 87.5 Å². The predicted octanol–water partition coefficient (Wildman–Crippen LogP) is -0.141. The number of hydrogen-bond donors (Lipinski definition) is 3. The highest BCUT2D eigenvalue weighted by Crippen LogP contribution is 2.10. The second-order valence-electron chi connectivity index (χ2n) is 7.31. The molecule has 33 heavy (non-hydrogen) atoms. The molecule has 0 aliphatic heterocycles. The maximum absolute atomic E-state index is 12.1. The molecular formula is C22H30N6O5. The molecule has 2 aromatic rings. The maximum atomic E-state index is 12.1. The summed E-state index contributed by atoms with van der Waals surface area (Å²) in [5.41, 5.74) is 2.29. The number of amides is 1. The summed E-state index contributed by atoms with van der Waals surface area (Å²) in [6, 6.07) is 7.51. The molecule has 3 N–H and O–H groups in total. The molecule has 11 heteroatoms. The Kier molecular flexibility index (Phi) is 10.9. The van der Waals surface area contributed by atoms with Crippen molar-refractivity contribution in [2.45, 2.75) is 26.0 Å². The van der Waals surface area contributed by atoms with Crippen molar-refractivity contribution < 1.29 is 24.6 Å². The van der Waals surface area contributed by atoms with Crippen molar-refractivity contribution in [3.05, 3.63) is 53.9 Å². The molecule has 178 valence electrons. The van der Waals surface area contributed by atoms with Crippen molar-refractivity contribution in [3.8, 4) is 5.69 Å². The number of nitrogens with one attached hydrogen (secondary N) is 1. The van der Waals surface area contributed by atoms with Gasteiger partial charge in [0.15, 0.2) is 12.4 Å². The highest BCUT2D eigenvalue weighted by molar-refractivity contribution is 5.82. The summed E-state index contributed by atoms with van der Waals surface area (Å²) < 4.78 is 1.59. The van der Waals surface area contributed by atoms with Gasteiger partial charge < -0.3 is 20.4 Å². The second-order valence-corrected chi connectivity index (χ2v) is 7.31. The number of aliphatic hydroxyl groups excluding tert-OH is 2. The number of rotatable bonds is 14. The van der Waals surface area contributed by atoms with Crippen LogP contribution in [0, 0.1) is 0 Å². The third-order valence-electron chi connectivity index (χ3n) is 4.53. The van der Waals surface area contributed by atoms with Gasteiger partial charge in [0.2, 0.25) is 0 Å². The van der Waals surface area contributed by atoms with Crippen LogP contribution in [-0.2, 0) is 27.4 Å². The van der Waals surface area contributed by atoms with E-state index in [1.165, 1.54) is 18.4 Å². The van der Waals surface area contributed by atoms with Gasteiger partial charge in [-0.2, -0.15) is 0 Å². The summed E-state index contributed by atoms with van der Waals surface area (Å²) in [5, 5.41) is 32.0. The summed E-state index contributed by atoms with van der Waals surface area (Å²) in [4.78, 5) is 30.7. The van der Waals surface area contributed by atoms with E-state index in [4.69, 9.17) is 15.1 Å². The first-order valence-electron chi connectivity index (χ1n) is 10.5. The normalized spacial score (nSPS) is 12.5. The molecule has 0 aliphatic carbocycles. The lowest BCUT2D eigenvalue weighted by molar-refractivity contribution is -0.125.